The Bertz CT molecular complexity index is 338. The van der Waals surface area contributed by atoms with Crippen molar-refractivity contribution in [2.45, 2.75) is 19.3 Å². The van der Waals surface area contributed by atoms with Gasteiger partial charge in [-0.3, -0.25) is 0 Å². The second-order valence-corrected chi connectivity index (χ2v) is 5.73. The molecular weight excluding hydrogens is 236 g/mol. The second-order valence-electron chi connectivity index (χ2n) is 5.73. The molecule has 0 unspecified atom stereocenters. The van der Waals surface area contributed by atoms with Gasteiger partial charge >= 0.3 is 0 Å². The van der Waals surface area contributed by atoms with E-state index in [2.05, 4.69) is 61.4 Å². The molecule has 0 radical (unpaired) electrons. The third-order valence-corrected chi connectivity index (χ3v) is 3.37. The molecule has 0 aliphatic carbocycles. The first kappa shape index (κ1) is 16.2. The van der Waals surface area contributed by atoms with Gasteiger partial charge in [0, 0.05) is 38.7 Å². The Balaban J connectivity index is 2.32. The molecule has 0 bridgehead atoms. The maximum atomic E-state index is 5.01. The molecular formula is C16H28N2O. The summed E-state index contributed by atoms with van der Waals surface area (Å²) in [5, 5.41) is 3.38. The van der Waals surface area contributed by atoms with Gasteiger partial charge in [-0.1, -0.05) is 44.2 Å². The summed E-state index contributed by atoms with van der Waals surface area (Å²) in [4.78, 5) is 2.38. The van der Waals surface area contributed by atoms with Crippen LogP contribution in [-0.2, 0) is 10.2 Å². The Morgan fingerprint density at radius 1 is 1.16 bits per heavy atom. The Labute approximate surface area is 118 Å². The number of likely N-dealkylation sites (N-methyl/N-ethyl adjacent to an activating group) is 1. The van der Waals surface area contributed by atoms with Crippen LogP contribution in [0.15, 0.2) is 30.3 Å². The normalized spacial score (nSPS) is 12.1. The lowest BCUT2D eigenvalue weighted by Gasteiger charge is -2.31. The summed E-state index contributed by atoms with van der Waals surface area (Å²) in [6.45, 7) is 9.42. The fraction of sp³-hybridized carbons (Fsp3) is 0.625. The van der Waals surface area contributed by atoms with Crippen molar-refractivity contribution in [2.24, 2.45) is 0 Å². The summed E-state index contributed by atoms with van der Waals surface area (Å²) in [5.74, 6) is 0. The quantitative estimate of drug-likeness (QED) is 0.692. The van der Waals surface area contributed by atoms with Crippen LogP contribution in [0.2, 0.25) is 0 Å². The molecule has 0 atom stereocenters. The van der Waals surface area contributed by atoms with Crippen LogP contribution in [0.1, 0.15) is 19.4 Å². The van der Waals surface area contributed by atoms with Crippen LogP contribution in [0, 0.1) is 0 Å². The van der Waals surface area contributed by atoms with Gasteiger partial charge in [-0.15, -0.1) is 0 Å². The fourth-order valence-corrected chi connectivity index (χ4v) is 2.30. The first-order chi connectivity index (χ1) is 9.06. The Morgan fingerprint density at radius 2 is 1.84 bits per heavy atom. The number of ether oxygens (including phenoxy) is 1. The number of benzene rings is 1. The summed E-state index contributed by atoms with van der Waals surface area (Å²) in [6, 6.07) is 10.7. The number of hydrogen-bond acceptors (Lipinski definition) is 3. The molecule has 1 aromatic rings. The van der Waals surface area contributed by atoms with Gasteiger partial charge in [0.15, 0.2) is 0 Å². The summed E-state index contributed by atoms with van der Waals surface area (Å²) < 4.78 is 5.01. The molecule has 0 fully saturated rings. The van der Waals surface area contributed by atoms with Crippen molar-refractivity contribution < 1.29 is 4.74 Å². The molecule has 3 heteroatoms. The number of nitrogens with zero attached hydrogens (tertiary/aromatic N) is 1. The fourth-order valence-electron chi connectivity index (χ4n) is 2.30. The molecule has 0 aliphatic rings. The van der Waals surface area contributed by atoms with Gasteiger partial charge in [0.2, 0.25) is 0 Å². The van der Waals surface area contributed by atoms with Gasteiger partial charge in [0.1, 0.15) is 0 Å². The number of hydrogen-bond donors (Lipinski definition) is 1. The average Bonchev–Trinajstić information content (AvgIpc) is 2.39. The molecule has 3 nitrogen and oxygen atoms in total. The minimum absolute atomic E-state index is 0.183. The van der Waals surface area contributed by atoms with Crippen LogP contribution in [0.5, 0.6) is 0 Å². The monoisotopic (exact) mass is 264 g/mol. The minimum atomic E-state index is 0.183. The summed E-state index contributed by atoms with van der Waals surface area (Å²) in [7, 11) is 3.92. The van der Waals surface area contributed by atoms with Crippen LogP contribution in [0.3, 0.4) is 0 Å². The smallest absolute Gasteiger partial charge is 0.0587 e. The average molecular weight is 264 g/mol. The zero-order chi connectivity index (χ0) is 14.1. The van der Waals surface area contributed by atoms with E-state index in [9.17, 15) is 0 Å². The number of rotatable bonds is 9. The van der Waals surface area contributed by atoms with E-state index in [4.69, 9.17) is 4.74 Å². The van der Waals surface area contributed by atoms with Gasteiger partial charge in [-0.25, -0.2) is 0 Å². The zero-order valence-electron chi connectivity index (χ0n) is 12.8. The highest BCUT2D eigenvalue weighted by atomic mass is 16.5. The number of methoxy groups -OCH3 is 1. The molecule has 19 heavy (non-hydrogen) atoms. The van der Waals surface area contributed by atoms with Gasteiger partial charge < -0.3 is 15.0 Å². The molecule has 1 rings (SSSR count). The zero-order valence-corrected chi connectivity index (χ0v) is 12.8. The highest BCUT2D eigenvalue weighted by Crippen LogP contribution is 2.23. The van der Waals surface area contributed by atoms with Crippen LogP contribution < -0.4 is 5.32 Å². The van der Waals surface area contributed by atoms with E-state index in [-0.39, 0.29) is 5.41 Å². The van der Waals surface area contributed by atoms with E-state index < -0.39 is 0 Å². The summed E-state index contributed by atoms with van der Waals surface area (Å²) in [6.07, 6.45) is 0. The Kier molecular flexibility index (Phi) is 7.06. The first-order valence-corrected chi connectivity index (χ1v) is 7.00. The first-order valence-electron chi connectivity index (χ1n) is 7.00. The lowest BCUT2D eigenvalue weighted by atomic mass is 9.84. The van der Waals surface area contributed by atoms with Crippen molar-refractivity contribution in [2.75, 3.05) is 46.9 Å². The van der Waals surface area contributed by atoms with Crippen molar-refractivity contribution in [3.63, 3.8) is 0 Å². The largest absolute Gasteiger partial charge is 0.383 e. The predicted molar refractivity (Wildman–Crippen MR) is 81.7 cm³/mol. The van der Waals surface area contributed by atoms with E-state index in [0.29, 0.717) is 0 Å². The molecule has 1 aromatic carbocycles. The van der Waals surface area contributed by atoms with Crippen molar-refractivity contribution in [3.05, 3.63) is 35.9 Å². The highest BCUT2D eigenvalue weighted by Gasteiger charge is 2.21. The van der Waals surface area contributed by atoms with Gasteiger partial charge in [0.25, 0.3) is 0 Å². The van der Waals surface area contributed by atoms with E-state index in [0.717, 1.165) is 32.8 Å². The Morgan fingerprint density at radius 3 is 2.47 bits per heavy atom. The maximum Gasteiger partial charge on any atom is 0.0587 e. The maximum absolute atomic E-state index is 5.01. The molecule has 0 aliphatic heterocycles. The summed E-state index contributed by atoms with van der Waals surface area (Å²) >= 11 is 0. The van der Waals surface area contributed by atoms with Crippen LogP contribution >= 0.6 is 0 Å². The van der Waals surface area contributed by atoms with Gasteiger partial charge in [-0.2, -0.15) is 0 Å². The Hall–Kier alpha value is -0.900. The lowest BCUT2D eigenvalue weighted by molar-refractivity contribution is 0.196. The SMILES string of the molecule is COCCNCCN(C)CC(C)(C)c1ccccc1. The van der Waals surface area contributed by atoms with Crippen molar-refractivity contribution in [3.8, 4) is 0 Å². The predicted octanol–water partition coefficient (Wildman–Crippen LogP) is 2.13. The molecule has 1 N–H and O–H groups in total. The standard InChI is InChI=1S/C16H28N2O/c1-16(2,15-8-6-5-7-9-15)14-18(3)12-10-17-11-13-19-4/h5-9,17H,10-14H2,1-4H3. The lowest BCUT2D eigenvalue weighted by Crippen LogP contribution is -2.38. The molecule has 0 saturated carbocycles. The second kappa shape index (κ2) is 8.31. The van der Waals surface area contributed by atoms with E-state index >= 15 is 0 Å². The summed E-state index contributed by atoms with van der Waals surface area (Å²) in [5.41, 5.74) is 1.58. The molecule has 0 spiro atoms. The molecule has 108 valence electrons. The van der Waals surface area contributed by atoms with Crippen molar-refractivity contribution in [1.82, 2.24) is 10.2 Å². The van der Waals surface area contributed by atoms with Crippen molar-refractivity contribution >= 4 is 0 Å². The molecule has 0 aromatic heterocycles. The van der Waals surface area contributed by atoms with Crippen molar-refractivity contribution in [1.29, 1.82) is 0 Å². The molecule has 0 amide bonds. The van der Waals surface area contributed by atoms with E-state index in [1.165, 1.54) is 5.56 Å². The van der Waals surface area contributed by atoms with Crippen LogP contribution in [0.4, 0.5) is 0 Å². The topological polar surface area (TPSA) is 24.5 Å². The van der Waals surface area contributed by atoms with E-state index in [1.54, 1.807) is 7.11 Å². The third kappa shape index (κ3) is 6.19. The highest BCUT2D eigenvalue weighted by molar-refractivity contribution is 5.23. The van der Waals surface area contributed by atoms with Crippen LogP contribution in [0.25, 0.3) is 0 Å². The van der Waals surface area contributed by atoms with Gasteiger partial charge in [-0.05, 0) is 12.6 Å². The van der Waals surface area contributed by atoms with Gasteiger partial charge in [0.05, 0.1) is 6.61 Å². The van der Waals surface area contributed by atoms with Crippen LogP contribution in [-0.4, -0.2) is 51.8 Å². The number of nitrogens with one attached hydrogen (secondary N) is 1. The third-order valence-electron chi connectivity index (χ3n) is 3.37. The minimum Gasteiger partial charge on any atom is -0.383 e. The van der Waals surface area contributed by atoms with E-state index in [1.807, 2.05) is 0 Å². The molecule has 0 saturated heterocycles. The molecule has 0 heterocycles.